The number of nitrogens with one attached hydrogen (secondary N) is 3. The lowest BCUT2D eigenvalue weighted by atomic mass is 9.89. The predicted octanol–water partition coefficient (Wildman–Crippen LogP) is 4.03. The second-order valence-electron chi connectivity index (χ2n) is 7.78. The van der Waals surface area contributed by atoms with Gasteiger partial charge in [0.1, 0.15) is 11.2 Å². The van der Waals surface area contributed by atoms with Gasteiger partial charge in [0.15, 0.2) is 5.82 Å². The molecule has 7 heteroatoms. The lowest BCUT2D eigenvalue weighted by Crippen LogP contribution is -2.26. The van der Waals surface area contributed by atoms with Crippen molar-refractivity contribution in [2.75, 3.05) is 13.1 Å². The Hall–Kier alpha value is -3.58. The molecule has 3 N–H and O–H groups in total. The molecule has 0 unspecified atom stereocenters. The molecule has 7 nitrogen and oxygen atoms in total. The van der Waals surface area contributed by atoms with Gasteiger partial charge in [-0.1, -0.05) is 6.07 Å². The van der Waals surface area contributed by atoms with E-state index in [2.05, 4.69) is 48.7 Å². The largest absolute Gasteiger partial charge is 0.336 e. The molecule has 0 aliphatic carbocycles. The number of nitrogens with zero attached hydrogens (tertiary/aromatic N) is 4. The van der Waals surface area contributed by atoms with E-state index in [1.807, 2.05) is 24.4 Å². The zero-order chi connectivity index (χ0) is 19.9. The molecule has 0 atom stereocenters. The minimum absolute atomic E-state index is 0.593. The van der Waals surface area contributed by atoms with E-state index in [9.17, 15) is 0 Å². The van der Waals surface area contributed by atoms with E-state index in [1.54, 1.807) is 12.4 Å². The second-order valence-corrected chi connectivity index (χ2v) is 7.78. The maximum Gasteiger partial charge on any atom is 0.159 e. The summed E-state index contributed by atoms with van der Waals surface area (Å²) >= 11 is 0. The first kappa shape index (κ1) is 17.3. The third kappa shape index (κ3) is 2.86. The van der Waals surface area contributed by atoms with Crippen molar-refractivity contribution in [1.82, 2.24) is 35.5 Å². The predicted molar refractivity (Wildman–Crippen MR) is 117 cm³/mol. The number of hydrogen-bond acceptors (Lipinski definition) is 5. The van der Waals surface area contributed by atoms with Gasteiger partial charge in [0, 0.05) is 29.5 Å². The third-order valence-electron chi connectivity index (χ3n) is 5.96. The molecule has 5 heterocycles. The third-order valence-corrected chi connectivity index (χ3v) is 5.96. The summed E-state index contributed by atoms with van der Waals surface area (Å²) in [6, 6.07) is 12.5. The molecule has 1 aromatic carbocycles. The van der Waals surface area contributed by atoms with Gasteiger partial charge in [-0.3, -0.25) is 15.1 Å². The first-order valence-electron chi connectivity index (χ1n) is 10.3. The Bertz CT molecular complexity index is 1330. The van der Waals surface area contributed by atoms with Crippen molar-refractivity contribution >= 4 is 21.9 Å². The first-order valence-corrected chi connectivity index (χ1v) is 10.3. The normalized spacial score (nSPS) is 15.2. The van der Waals surface area contributed by atoms with Crippen LogP contribution in [0.15, 0.2) is 55.0 Å². The quantitative estimate of drug-likeness (QED) is 0.429. The Morgan fingerprint density at radius 2 is 1.87 bits per heavy atom. The number of hydrogen-bond donors (Lipinski definition) is 3. The fraction of sp³-hybridized carbons (Fsp3) is 0.217. The fourth-order valence-corrected chi connectivity index (χ4v) is 4.38. The zero-order valence-electron chi connectivity index (χ0n) is 16.4. The van der Waals surface area contributed by atoms with Crippen LogP contribution in [0, 0.1) is 0 Å². The summed E-state index contributed by atoms with van der Waals surface area (Å²) in [5.74, 6) is 1.34. The van der Waals surface area contributed by atoms with E-state index < -0.39 is 0 Å². The number of rotatable bonds is 3. The smallest absolute Gasteiger partial charge is 0.159 e. The van der Waals surface area contributed by atoms with Gasteiger partial charge in [0.2, 0.25) is 0 Å². The minimum Gasteiger partial charge on any atom is -0.336 e. The van der Waals surface area contributed by atoms with Gasteiger partial charge in [-0.25, -0.2) is 4.98 Å². The molecule has 5 aromatic rings. The van der Waals surface area contributed by atoms with E-state index in [4.69, 9.17) is 4.98 Å². The molecule has 0 radical (unpaired) electrons. The van der Waals surface area contributed by atoms with Crippen LogP contribution in [0.5, 0.6) is 0 Å². The highest BCUT2D eigenvalue weighted by Gasteiger charge is 2.19. The zero-order valence-corrected chi connectivity index (χ0v) is 16.4. The number of piperidine rings is 1. The molecular weight excluding hydrogens is 374 g/mol. The first-order chi connectivity index (χ1) is 14.9. The van der Waals surface area contributed by atoms with Crippen LogP contribution in [0.2, 0.25) is 0 Å². The summed E-state index contributed by atoms with van der Waals surface area (Å²) in [6.45, 7) is 2.16. The average molecular weight is 395 g/mol. The van der Waals surface area contributed by atoms with Gasteiger partial charge in [0.25, 0.3) is 0 Å². The van der Waals surface area contributed by atoms with Gasteiger partial charge in [-0.2, -0.15) is 5.10 Å². The van der Waals surface area contributed by atoms with E-state index in [-0.39, 0.29) is 0 Å². The van der Waals surface area contributed by atoms with Gasteiger partial charge in [-0.15, -0.1) is 0 Å². The number of fused-ring (bicyclic) bond motifs is 2. The summed E-state index contributed by atoms with van der Waals surface area (Å²) in [5, 5.41) is 12.3. The van der Waals surface area contributed by atoms with E-state index in [1.165, 1.54) is 18.4 Å². The van der Waals surface area contributed by atoms with E-state index in [0.717, 1.165) is 57.8 Å². The molecule has 30 heavy (non-hydrogen) atoms. The summed E-state index contributed by atoms with van der Waals surface area (Å²) < 4.78 is 0. The highest BCUT2D eigenvalue weighted by molar-refractivity contribution is 5.96. The number of pyridine rings is 2. The molecule has 6 rings (SSSR count). The topological polar surface area (TPSA) is 95.2 Å². The molecule has 1 aliphatic heterocycles. The van der Waals surface area contributed by atoms with Gasteiger partial charge in [0.05, 0.1) is 16.7 Å². The Labute approximate surface area is 173 Å². The number of benzene rings is 1. The summed E-state index contributed by atoms with van der Waals surface area (Å²) in [4.78, 5) is 17.1. The van der Waals surface area contributed by atoms with Crippen LogP contribution >= 0.6 is 0 Å². The van der Waals surface area contributed by atoms with Crippen molar-refractivity contribution in [1.29, 1.82) is 0 Å². The second kappa shape index (κ2) is 7.03. The molecule has 0 amide bonds. The monoisotopic (exact) mass is 395 g/mol. The van der Waals surface area contributed by atoms with Crippen LogP contribution < -0.4 is 5.32 Å². The van der Waals surface area contributed by atoms with E-state index >= 15 is 0 Å². The van der Waals surface area contributed by atoms with E-state index in [0.29, 0.717) is 5.92 Å². The lowest BCUT2D eigenvalue weighted by molar-refractivity contribution is 0.460. The van der Waals surface area contributed by atoms with Crippen LogP contribution in [0.3, 0.4) is 0 Å². The Morgan fingerprint density at radius 1 is 0.933 bits per heavy atom. The molecule has 4 aromatic heterocycles. The molecule has 1 fully saturated rings. The van der Waals surface area contributed by atoms with Gasteiger partial charge < -0.3 is 10.3 Å². The highest BCUT2D eigenvalue weighted by atomic mass is 15.1. The minimum atomic E-state index is 0.593. The van der Waals surface area contributed by atoms with Crippen LogP contribution in [-0.4, -0.2) is 43.2 Å². The van der Waals surface area contributed by atoms with Gasteiger partial charge in [-0.05, 0) is 67.7 Å². The summed E-state index contributed by atoms with van der Waals surface area (Å²) in [5.41, 5.74) is 6.76. The molecule has 1 aliphatic rings. The Balaban J connectivity index is 1.47. The van der Waals surface area contributed by atoms with Crippen LogP contribution in [-0.2, 0) is 0 Å². The van der Waals surface area contributed by atoms with Crippen LogP contribution in [0.25, 0.3) is 44.7 Å². The van der Waals surface area contributed by atoms with Crippen molar-refractivity contribution in [3.63, 3.8) is 0 Å². The molecular formula is C23H21N7. The number of aromatic amines is 2. The molecule has 0 bridgehead atoms. The lowest BCUT2D eigenvalue weighted by Gasteiger charge is -2.23. The Morgan fingerprint density at radius 3 is 2.73 bits per heavy atom. The number of H-pyrrole nitrogens is 2. The van der Waals surface area contributed by atoms with Crippen molar-refractivity contribution in [2.45, 2.75) is 18.8 Å². The summed E-state index contributed by atoms with van der Waals surface area (Å²) in [6.07, 6.45) is 7.71. The van der Waals surface area contributed by atoms with Crippen molar-refractivity contribution in [3.05, 3.63) is 60.6 Å². The Kier molecular flexibility index (Phi) is 4.06. The molecule has 148 valence electrons. The maximum atomic E-state index is 4.89. The highest BCUT2D eigenvalue weighted by Crippen LogP contribution is 2.33. The van der Waals surface area contributed by atoms with Crippen molar-refractivity contribution in [2.24, 2.45) is 0 Å². The van der Waals surface area contributed by atoms with Crippen LogP contribution in [0.4, 0.5) is 0 Å². The average Bonchev–Trinajstić information content (AvgIpc) is 3.43. The SMILES string of the molecule is c1cncc(-c2nccc3[nH]c(-c4n[nH]c5ccc(C6CCNCC6)cc45)nc23)c1. The molecule has 1 saturated heterocycles. The van der Waals surface area contributed by atoms with Crippen molar-refractivity contribution in [3.8, 4) is 22.8 Å². The molecule has 0 spiro atoms. The standard InChI is InChI=1S/C23H21N7/c1-2-16(13-25-8-1)20-22-19(7-11-26-20)27-23(28-22)21-17-12-15(3-4-18(17)29-30-21)14-5-9-24-10-6-14/h1-4,7-8,11-14,24H,5-6,9-10H2,(H,27,28)(H,29,30). The fourth-order valence-electron chi connectivity index (χ4n) is 4.38. The van der Waals surface area contributed by atoms with Crippen molar-refractivity contribution < 1.29 is 0 Å². The van der Waals surface area contributed by atoms with Crippen LogP contribution in [0.1, 0.15) is 24.3 Å². The van der Waals surface area contributed by atoms with Gasteiger partial charge >= 0.3 is 0 Å². The number of imidazole rings is 1. The maximum absolute atomic E-state index is 4.89. The number of aromatic nitrogens is 6. The molecule has 0 saturated carbocycles. The summed E-state index contributed by atoms with van der Waals surface area (Å²) in [7, 11) is 0.